The van der Waals surface area contributed by atoms with Crippen LogP contribution in [0.4, 0.5) is 4.39 Å². The highest BCUT2D eigenvalue weighted by atomic mass is 19.1. The first-order valence-corrected chi connectivity index (χ1v) is 6.74. The van der Waals surface area contributed by atoms with E-state index in [1.807, 2.05) is 37.3 Å². The zero-order valence-electron chi connectivity index (χ0n) is 11.6. The van der Waals surface area contributed by atoms with Crippen molar-refractivity contribution in [2.24, 2.45) is 0 Å². The summed E-state index contributed by atoms with van der Waals surface area (Å²) >= 11 is 0. The van der Waals surface area contributed by atoms with Gasteiger partial charge in [0, 0.05) is 16.5 Å². The largest absolute Gasteiger partial charge is 0.298 e. The summed E-state index contributed by atoms with van der Waals surface area (Å²) in [6.45, 7) is 1.39. The molecule has 2 aromatic carbocycles. The van der Waals surface area contributed by atoms with Gasteiger partial charge < -0.3 is 0 Å². The molecular formula is C18H14FNO. The van der Waals surface area contributed by atoms with Gasteiger partial charge in [0.05, 0.1) is 11.2 Å². The normalized spacial score (nSPS) is 10.8. The van der Waals surface area contributed by atoms with Crippen molar-refractivity contribution >= 4 is 17.2 Å². The molecule has 0 N–H and O–H groups in total. The molecule has 0 aliphatic rings. The van der Waals surface area contributed by atoms with Crippen LogP contribution in [0.1, 0.15) is 21.5 Å². The number of hydrogen-bond donors (Lipinski definition) is 0. The Morgan fingerprint density at radius 2 is 1.95 bits per heavy atom. The Labute approximate surface area is 122 Å². The fraction of sp³-hybridized carbons (Fsp3) is 0.111. The number of pyridine rings is 1. The number of aldehydes is 1. The van der Waals surface area contributed by atoms with Crippen molar-refractivity contribution in [3.05, 3.63) is 65.2 Å². The van der Waals surface area contributed by atoms with Crippen molar-refractivity contribution < 1.29 is 9.18 Å². The van der Waals surface area contributed by atoms with Crippen LogP contribution in [0.15, 0.2) is 48.5 Å². The summed E-state index contributed by atoms with van der Waals surface area (Å²) in [5, 5.41) is 0.915. The molecule has 0 unspecified atom stereocenters. The zero-order chi connectivity index (χ0) is 14.8. The molecule has 3 rings (SSSR count). The van der Waals surface area contributed by atoms with Crippen LogP contribution in [0, 0.1) is 6.92 Å². The molecule has 3 aromatic rings. The first kappa shape index (κ1) is 13.4. The van der Waals surface area contributed by atoms with Gasteiger partial charge >= 0.3 is 0 Å². The third-order valence-corrected chi connectivity index (χ3v) is 3.62. The number of aryl methyl sites for hydroxylation is 1. The van der Waals surface area contributed by atoms with Crippen molar-refractivity contribution in [1.29, 1.82) is 0 Å². The second kappa shape index (κ2) is 5.44. The molecule has 0 spiro atoms. The lowest BCUT2D eigenvalue weighted by atomic mass is 9.99. The van der Waals surface area contributed by atoms with Crippen molar-refractivity contribution in [2.45, 2.75) is 13.6 Å². The molecule has 0 saturated heterocycles. The Balaban J connectivity index is 2.35. The van der Waals surface area contributed by atoms with E-state index in [1.54, 1.807) is 18.2 Å². The summed E-state index contributed by atoms with van der Waals surface area (Å²) in [6.07, 6.45) is 0.777. The Morgan fingerprint density at radius 1 is 1.14 bits per heavy atom. The number of aromatic nitrogens is 1. The SMILES string of the molecule is Cc1cccc2cc(C=O)c(-c3ccccc3CF)nc12. The predicted octanol–water partition coefficient (Wildman–Crippen LogP) is 4.49. The van der Waals surface area contributed by atoms with E-state index < -0.39 is 6.67 Å². The fourth-order valence-electron chi connectivity index (χ4n) is 2.54. The second-order valence-corrected chi connectivity index (χ2v) is 4.98. The third kappa shape index (κ3) is 2.31. The molecule has 3 heteroatoms. The summed E-state index contributed by atoms with van der Waals surface area (Å²) in [7, 11) is 0. The average molecular weight is 279 g/mol. The summed E-state index contributed by atoms with van der Waals surface area (Å²) in [5.74, 6) is 0. The molecule has 0 saturated carbocycles. The van der Waals surface area contributed by atoms with Crippen LogP contribution in [-0.4, -0.2) is 11.3 Å². The van der Waals surface area contributed by atoms with Gasteiger partial charge in [-0.05, 0) is 24.1 Å². The Morgan fingerprint density at radius 3 is 2.71 bits per heavy atom. The van der Waals surface area contributed by atoms with Crippen molar-refractivity contribution in [3.63, 3.8) is 0 Å². The standard InChI is InChI=1S/C18H14FNO/c1-12-5-4-7-13-9-15(11-21)18(20-17(12)13)16-8-3-2-6-14(16)10-19/h2-9,11H,10H2,1H3. The number of carbonyl (C=O) groups is 1. The van der Waals surface area contributed by atoms with Crippen LogP contribution < -0.4 is 0 Å². The van der Waals surface area contributed by atoms with Crippen molar-refractivity contribution in [3.8, 4) is 11.3 Å². The van der Waals surface area contributed by atoms with Crippen LogP contribution in [0.3, 0.4) is 0 Å². The van der Waals surface area contributed by atoms with Crippen LogP contribution in [0.2, 0.25) is 0 Å². The summed E-state index contributed by atoms with van der Waals surface area (Å²) in [6, 6.07) is 14.8. The lowest BCUT2D eigenvalue weighted by Crippen LogP contribution is -1.97. The summed E-state index contributed by atoms with van der Waals surface area (Å²) < 4.78 is 13.2. The Kier molecular flexibility index (Phi) is 3.48. The maximum atomic E-state index is 13.2. The van der Waals surface area contributed by atoms with E-state index in [1.165, 1.54) is 0 Å². The zero-order valence-corrected chi connectivity index (χ0v) is 11.6. The molecular weight excluding hydrogens is 265 g/mol. The second-order valence-electron chi connectivity index (χ2n) is 4.98. The highest BCUT2D eigenvalue weighted by Crippen LogP contribution is 2.29. The maximum absolute atomic E-state index is 13.2. The summed E-state index contributed by atoms with van der Waals surface area (Å²) in [5.41, 5.74) is 4.11. The van der Waals surface area contributed by atoms with Crippen LogP contribution in [-0.2, 0) is 6.67 Å². The topological polar surface area (TPSA) is 30.0 Å². The van der Waals surface area contributed by atoms with E-state index in [9.17, 15) is 9.18 Å². The highest BCUT2D eigenvalue weighted by molar-refractivity contribution is 5.94. The fourth-order valence-corrected chi connectivity index (χ4v) is 2.54. The molecule has 1 heterocycles. The van der Waals surface area contributed by atoms with E-state index in [-0.39, 0.29) is 0 Å². The minimum absolute atomic E-state index is 0.481. The van der Waals surface area contributed by atoms with E-state index in [0.717, 1.165) is 22.8 Å². The summed E-state index contributed by atoms with van der Waals surface area (Å²) in [4.78, 5) is 16.0. The first-order valence-electron chi connectivity index (χ1n) is 6.74. The van der Waals surface area contributed by atoms with Crippen molar-refractivity contribution in [1.82, 2.24) is 4.98 Å². The number of alkyl halides is 1. The highest BCUT2D eigenvalue weighted by Gasteiger charge is 2.13. The molecule has 0 fully saturated rings. The van der Waals surface area contributed by atoms with Gasteiger partial charge in [-0.3, -0.25) is 4.79 Å². The number of carbonyl (C=O) groups excluding carboxylic acids is 1. The van der Waals surface area contributed by atoms with E-state index in [2.05, 4.69) is 4.98 Å². The predicted molar refractivity (Wildman–Crippen MR) is 82.1 cm³/mol. The average Bonchev–Trinajstić information content (AvgIpc) is 2.54. The monoisotopic (exact) mass is 279 g/mol. The Hall–Kier alpha value is -2.55. The third-order valence-electron chi connectivity index (χ3n) is 3.62. The van der Waals surface area contributed by atoms with Crippen LogP contribution >= 0.6 is 0 Å². The molecule has 1 aromatic heterocycles. The molecule has 21 heavy (non-hydrogen) atoms. The van der Waals surface area contributed by atoms with Crippen molar-refractivity contribution in [2.75, 3.05) is 0 Å². The van der Waals surface area contributed by atoms with Crippen LogP contribution in [0.25, 0.3) is 22.2 Å². The van der Waals surface area contributed by atoms with Gasteiger partial charge in [-0.15, -0.1) is 0 Å². The van der Waals surface area contributed by atoms with Gasteiger partial charge in [0.1, 0.15) is 6.67 Å². The molecule has 0 atom stereocenters. The van der Waals surface area contributed by atoms with Gasteiger partial charge in [0.2, 0.25) is 0 Å². The minimum Gasteiger partial charge on any atom is -0.298 e. The van der Waals surface area contributed by atoms with Gasteiger partial charge in [0.25, 0.3) is 0 Å². The number of nitrogens with zero attached hydrogens (tertiary/aromatic N) is 1. The molecule has 104 valence electrons. The molecule has 0 radical (unpaired) electrons. The van der Waals surface area contributed by atoms with Gasteiger partial charge in [0.15, 0.2) is 6.29 Å². The minimum atomic E-state index is -0.581. The first-order chi connectivity index (χ1) is 10.2. The molecule has 0 bridgehead atoms. The number of para-hydroxylation sites is 1. The molecule has 0 aliphatic heterocycles. The molecule has 0 amide bonds. The number of halogens is 1. The number of hydrogen-bond acceptors (Lipinski definition) is 2. The van der Waals surface area contributed by atoms with E-state index in [4.69, 9.17) is 0 Å². The van der Waals surface area contributed by atoms with Gasteiger partial charge in [-0.25, -0.2) is 9.37 Å². The van der Waals surface area contributed by atoms with E-state index >= 15 is 0 Å². The number of rotatable bonds is 3. The maximum Gasteiger partial charge on any atom is 0.152 e. The lowest BCUT2D eigenvalue weighted by Gasteiger charge is -2.11. The quantitative estimate of drug-likeness (QED) is 0.661. The molecule has 0 aliphatic carbocycles. The van der Waals surface area contributed by atoms with Gasteiger partial charge in [-0.1, -0.05) is 42.5 Å². The number of fused-ring (bicyclic) bond motifs is 1. The number of benzene rings is 2. The lowest BCUT2D eigenvalue weighted by molar-refractivity contribution is 0.112. The van der Waals surface area contributed by atoms with E-state index in [0.29, 0.717) is 22.4 Å². The van der Waals surface area contributed by atoms with Gasteiger partial charge in [-0.2, -0.15) is 0 Å². The Bertz CT molecular complexity index is 827. The smallest absolute Gasteiger partial charge is 0.152 e. The molecule has 2 nitrogen and oxygen atoms in total. The van der Waals surface area contributed by atoms with Crippen LogP contribution in [0.5, 0.6) is 0 Å².